The molecule has 66 heavy (non-hydrogen) atoms. The van der Waals surface area contributed by atoms with Crippen LogP contribution >= 0.6 is 0 Å². The molecule has 0 aliphatic carbocycles. The molecular weight excluding hydrogens is 820 g/mol. The van der Waals surface area contributed by atoms with Crippen LogP contribution < -0.4 is 0 Å². The Morgan fingerprint density at radius 2 is 0.970 bits per heavy atom. The smallest absolute Gasteiger partial charge is 0.307 e. The van der Waals surface area contributed by atoms with Crippen molar-refractivity contribution < 1.29 is 13.2 Å². The van der Waals surface area contributed by atoms with Crippen molar-refractivity contribution in [3.8, 4) is 50.8 Å². The molecule has 0 unspecified atom stereocenters. The number of aromatic nitrogens is 2. The molecule has 6 heteroatoms. The van der Waals surface area contributed by atoms with Gasteiger partial charge >= 0.3 is 6.18 Å². The summed E-state index contributed by atoms with van der Waals surface area (Å²) >= 11 is 0. The van der Waals surface area contributed by atoms with Crippen LogP contribution in [0.25, 0.3) is 88.4 Å². The van der Waals surface area contributed by atoms with Gasteiger partial charge in [-0.25, -0.2) is 0 Å². The Morgan fingerprint density at radius 1 is 0.545 bits per heavy atom. The summed E-state index contributed by atoms with van der Waals surface area (Å²) in [5, 5.41) is 13.7. The summed E-state index contributed by atoms with van der Waals surface area (Å²) < 4.78 is 51.1. The van der Waals surface area contributed by atoms with Crippen molar-refractivity contribution in [2.24, 2.45) is 0 Å². The fourth-order valence-corrected chi connectivity index (χ4v) is 8.48. The molecule has 0 spiro atoms. The Labute approximate surface area is 384 Å². The van der Waals surface area contributed by atoms with Crippen molar-refractivity contribution in [3.63, 3.8) is 0 Å². The molecule has 2 aromatic heterocycles. The fraction of sp³-hybridized carbons (Fsp3) is 0.117. The molecule has 326 valence electrons. The minimum Gasteiger partial charge on any atom is -0.307 e. The Kier molecular flexibility index (Phi) is 12.7. The van der Waals surface area contributed by atoms with Crippen LogP contribution in [0.15, 0.2) is 195 Å². The average Bonchev–Trinajstić information content (AvgIpc) is 3.83. The van der Waals surface area contributed by atoms with Gasteiger partial charge in [0, 0.05) is 21.5 Å². The van der Waals surface area contributed by atoms with E-state index in [2.05, 4.69) is 136 Å². The van der Waals surface area contributed by atoms with E-state index in [1.165, 1.54) is 18.6 Å². The van der Waals surface area contributed by atoms with E-state index >= 15 is 13.2 Å². The number of alkyl halides is 3. The lowest BCUT2D eigenvalue weighted by Gasteiger charge is -2.22. The molecule has 0 fully saturated rings. The lowest BCUT2D eigenvalue weighted by atomic mass is 9.95. The molecule has 0 radical (unpaired) electrons. The Morgan fingerprint density at radius 3 is 1.41 bits per heavy atom. The van der Waals surface area contributed by atoms with Gasteiger partial charge in [0.25, 0.3) is 0 Å². The quantitative estimate of drug-likeness (QED) is 0.153. The topological polar surface area (TPSA) is 33.6 Å². The third-order valence-electron chi connectivity index (χ3n) is 11.7. The van der Waals surface area contributed by atoms with Crippen molar-refractivity contribution in [1.82, 2.24) is 9.13 Å². The molecule has 8 aromatic carbocycles. The van der Waals surface area contributed by atoms with Gasteiger partial charge in [0.1, 0.15) is 0 Å². The highest BCUT2D eigenvalue weighted by Gasteiger charge is 2.36. The lowest BCUT2D eigenvalue weighted by Crippen LogP contribution is -2.12. The van der Waals surface area contributed by atoms with Gasteiger partial charge in [0.2, 0.25) is 0 Å². The van der Waals surface area contributed by atoms with E-state index in [0.717, 1.165) is 82.6 Å². The maximum Gasteiger partial charge on any atom is 0.417 e. The molecule has 10 aromatic rings. The van der Waals surface area contributed by atoms with Gasteiger partial charge in [-0.15, -0.1) is 0 Å². The maximum atomic E-state index is 15.7. The van der Waals surface area contributed by atoms with Crippen molar-refractivity contribution >= 4 is 43.6 Å². The van der Waals surface area contributed by atoms with Crippen LogP contribution in [0.2, 0.25) is 0 Å². The number of rotatable bonds is 6. The van der Waals surface area contributed by atoms with Gasteiger partial charge in [-0.1, -0.05) is 178 Å². The van der Waals surface area contributed by atoms with E-state index in [-0.39, 0.29) is 11.1 Å². The molecule has 0 aliphatic heterocycles. The second-order valence-electron chi connectivity index (χ2n) is 16.7. The predicted molar refractivity (Wildman–Crippen MR) is 272 cm³/mol. The molecule has 0 saturated heterocycles. The number of allylic oxidation sites excluding steroid dienone is 2. The summed E-state index contributed by atoms with van der Waals surface area (Å²) in [7, 11) is 0. The molecule has 3 nitrogen and oxygen atoms in total. The van der Waals surface area contributed by atoms with E-state index in [0.29, 0.717) is 16.9 Å². The monoisotopic (exact) mass is 869 g/mol. The zero-order valence-corrected chi connectivity index (χ0v) is 37.8. The second kappa shape index (κ2) is 18.7. The first kappa shape index (κ1) is 44.7. The number of fused-ring (bicyclic) bond motifs is 6. The average molecular weight is 870 g/mol. The molecule has 0 aliphatic rings. The highest BCUT2D eigenvalue weighted by molar-refractivity contribution is 6.13. The van der Waals surface area contributed by atoms with Crippen LogP contribution in [0.1, 0.15) is 49.4 Å². The van der Waals surface area contributed by atoms with E-state index < -0.39 is 11.7 Å². The number of hydrogen-bond donors (Lipinski definition) is 0. The van der Waals surface area contributed by atoms with Crippen LogP contribution in [0.4, 0.5) is 13.2 Å². The van der Waals surface area contributed by atoms with Gasteiger partial charge in [-0.3, -0.25) is 0 Å². The first-order valence-corrected chi connectivity index (χ1v) is 22.1. The summed E-state index contributed by atoms with van der Waals surface area (Å²) in [5.41, 5.74) is 11.3. The summed E-state index contributed by atoms with van der Waals surface area (Å²) in [4.78, 5) is 0. The number of aryl methyl sites for hydroxylation is 2. The molecule has 0 bridgehead atoms. The van der Waals surface area contributed by atoms with Gasteiger partial charge in [0.05, 0.1) is 50.6 Å². The van der Waals surface area contributed by atoms with Gasteiger partial charge < -0.3 is 9.13 Å². The summed E-state index contributed by atoms with van der Waals surface area (Å²) in [6.45, 7) is 17.3. The van der Waals surface area contributed by atoms with Crippen molar-refractivity contribution in [2.75, 3.05) is 0 Å². The molecule has 0 amide bonds. The van der Waals surface area contributed by atoms with E-state index in [1.807, 2.05) is 60.9 Å². The van der Waals surface area contributed by atoms with Crippen molar-refractivity contribution in [2.45, 2.75) is 47.2 Å². The standard InChI is InChI=1S/C52H34F3N3.C5H8.C3H8/c1-32-14-18-35(19-15-32)37-22-24-42-40-10-3-5-12-46(40)57(48(42)27-37)50-29-44(39-9-7-8-34(26-39)31-56)45(52(53,54)55)30-51(50)58-47-13-6-4-11-41(47)43-25-23-38(28-49(43)58)36-20-16-33(2)17-21-36;1-4-5(2)3;1-3-2/h3-30H,1-2H3;4H,1-2H2,3H3;3H2,1-2H3. The highest BCUT2D eigenvalue weighted by atomic mass is 19.4. The van der Waals surface area contributed by atoms with Gasteiger partial charge in [-0.2, -0.15) is 18.4 Å². The zero-order chi connectivity index (χ0) is 46.7. The number of benzene rings is 8. The summed E-state index contributed by atoms with van der Waals surface area (Å²) in [5.74, 6) is 0. The summed E-state index contributed by atoms with van der Waals surface area (Å²) in [6.07, 6.45) is -1.75. The van der Waals surface area contributed by atoms with Crippen molar-refractivity contribution in [1.29, 1.82) is 5.26 Å². The van der Waals surface area contributed by atoms with Gasteiger partial charge in [0.15, 0.2) is 0 Å². The molecule has 0 N–H and O–H groups in total. The Balaban J connectivity index is 0.000000687. The SMILES string of the molecule is C=CC(=C)C.CCC.Cc1ccc(-c2ccc3c4ccccc4n(-c4cc(-c5cccc(C#N)c5)c(C(F)(F)F)cc4-n4c5ccccc5c5ccc(-c6ccc(C)cc6)cc54)c3c2)cc1. The molecule has 0 atom stereocenters. The van der Waals surface area contributed by atoms with Gasteiger partial charge in [-0.05, 0) is 103 Å². The summed E-state index contributed by atoms with van der Waals surface area (Å²) in [6, 6.07) is 56.7. The Bertz CT molecular complexity index is 3470. The number of nitriles is 1. The lowest BCUT2D eigenvalue weighted by molar-refractivity contribution is -0.137. The molecular formula is C60H50F3N3. The number of nitrogens with zero attached hydrogens (tertiary/aromatic N) is 3. The van der Waals surface area contributed by atoms with Crippen LogP contribution in [0.3, 0.4) is 0 Å². The first-order valence-electron chi connectivity index (χ1n) is 22.1. The third-order valence-corrected chi connectivity index (χ3v) is 11.7. The molecule has 2 heterocycles. The zero-order valence-electron chi connectivity index (χ0n) is 37.8. The second-order valence-corrected chi connectivity index (χ2v) is 16.7. The minimum atomic E-state index is -4.73. The third kappa shape index (κ3) is 8.68. The normalized spacial score (nSPS) is 11.2. The first-order chi connectivity index (χ1) is 31.8. The van der Waals surface area contributed by atoms with Crippen LogP contribution in [-0.2, 0) is 6.18 Å². The fourth-order valence-electron chi connectivity index (χ4n) is 8.48. The van der Waals surface area contributed by atoms with E-state index in [1.54, 1.807) is 30.3 Å². The van der Waals surface area contributed by atoms with Crippen molar-refractivity contribution in [3.05, 3.63) is 217 Å². The largest absolute Gasteiger partial charge is 0.417 e. The number of para-hydroxylation sites is 2. The van der Waals surface area contributed by atoms with E-state index in [9.17, 15) is 5.26 Å². The number of hydrogen-bond acceptors (Lipinski definition) is 1. The number of halogens is 3. The van der Waals surface area contributed by atoms with E-state index in [4.69, 9.17) is 0 Å². The Hall–Kier alpha value is -7.88. The maximum absolute atomic E-state index is 15.7. The minimum absolute atomic E-state index is 0.00918. The van der Waals surface area contributed by atoms with Crippen LogP contribution in [-0.4, -0.2) is 9.13 Å². The van der Waals surface area contributed by atoms with Crippen LogP contribution in [0.5, 0.6) is 0 Å². The van der Waals surface area contributed by atoms with Crippen LogP contribution in [0, 0.1) is 25.2 Å². The predicted octanol–water partition coefficient (Wildman–Crippen LogP) is 17.6. The molecule has 0 saturated carbocycles. The highest BCUT2D eigenvalue weighted by Crippen LogP contribution is 2.46. The molecule has 10 rings (SSSR count).